The van der Waals surface area contributed by atoms with Gasteiger partial charge in [0.15, 0.2) is 41.7 Å². The summed E-state index contributed by atoms with van der Waals surface area (Å²) in [5.41, 5.74) is 44.8. The molecule has 0 saturated carbocycles. The lowest BCUT2D eigenvalue weighted by molar-refractivity contribution is -0.149. The van der Waals surface area contributed by atoms with Gasteiger partial charge >= 0.3 is 11.9 Å². The van der Waals surface area contributed by atoms with E-state index >= 15 is 28.8 Å². The highest BCUT2D eigenvalue weighted by atomic mass is 16.4. The molecule has 41 N–H and O–H groups in total. The molecule has 0 aromatic rings. The maximum absolute atomic E-state index is 15.3. The Kier molecular flexibility index (Phi) is 49.8. The van der Waals surface area contributed by atoms with Crippen LogP contribution in [-0.4, -0.2) is 364 Å². The highest BCUT2D eigenvalue weighted by molar-refractivity contribution is 6.02. The Morgan fingerprint density at radius 2 is 0.552 bits per heavy atom. The van der Waals surface area contributed by atoms with Gasteiger partial charge in [0.25, 0.3) is 0 Å². The van der Waals surface area contributed by atoms with Crippen LogP contribution < -0.4 is 131 Å². The maximum Gasteiger partial charge on any atom is 0.326 e. The third-order valence-corrected chi connectivity index (χ3v) is 26.4. The number of hydrogen-bond acceptors (Lipinski definition) is 25. The average molecular weight is 2050 g/mol. The molecular weight excluding hydrogens is 1890 g/mol. The number of carboxylic acid groups (broad SMARTS) is 2. The molecule has 6 heterocycles. The fourth-order valence-electron chi connectivity index (χ4n) is 18.7. The largest absolute Gasteiger partial charge is 0.481 e. The van der Waals surface area contributed by atoms with E-state index in [-0.39, 0.29) is 281 Å². The molecule has 6 saturated heterocycles. The summed E-state index contributed by atoms with van der Waals surface area (Å²) in [6, 6.07) is -21.1. The van der Waals surface area contributed by atoms with E-state index in [0.717, 1.165) is 0 Å². The van der Waals surface area contributed by atoms with Gasteiger partial charge in [0, 0.05) is 91.5 Å². The van der Waals surface area contributed by atoms with Crippen molar-refractivity contribution in [2.45, 2.75) is 317 Å². The lowest BCUT2D eigenvalue weighted by Gasteiger charge is -2.34. The molecule has 812 valence electrons. The molecule has 0 aromatic carbocycles. The van der Waals surface area contributed by atoms with Crippen LogP contribution in [-0.2, 0) is 81.5 Å². The molecule has 6 aliphatic rings. The number of nitrogens with one attached hydrogen (secondary N) is 23. The van der Waals surface area contributed by atoms with Gasteiger partial charge in [-0.3, -0.25) is 115 Å². The number of rotatable bonds is 60. The highest BCUT2D eigenvalue weighted by Gasteiger charge is 2.49. The SMILES string of the molecule is CC[C@H](C)[C@H](NC(=O)[C@H](CCCNC(=N)N)NC(=O)[C@@H](N)CCCNC(=N)N)C(=O)N[C@@H](CCCNC(=N)N)C(=O)N1CCC[C@H]1C(=O)N[C@@H](CCC(=O)O)C(=O)N1CCC[C@H]1C(=O)N1CCC[C@H]1C(=O)N[C@@H](CCCNC(=N)N)C(=O)N[C@@H](CC(C)C)C(=O)N1CCC[C@H]1C(=O)N[C@@H](CCCNC(=N)N)C(=O)N1CCC[C@H]1C(=O)N[C@@H](CCCNC(=N)N)C(=O)N1CCC[C@H]1C(=O)N[C@@H](CCCNC(=N)N)C(=O)O. The molecule has 15 amide bonds. The monoisotopic (exact) mass is 2050 g/mol. The summed E-state index contributed by atoms with van der Waals surface area (Å²) >= 11 is 0. The summed E-state index contributed by atoms with van der Waals surface area (Å²) in [6.45, 7) is 7.72. The van der Waals surface area contributed by atoms with Crippen LogP contribution in [0.15, 0.2) is 0 Å². The van der Waals surface area contributed by atoms with Gasteiger partial charge in [-0.05, 0) is 192 Å². The zero-order chi connectivity index (χ0) is 107. The fraction of sp³-hybridized carbons (Fsp3) is 0.730. The van der Waals surface area contributed by atoms with Crippen LogP contribution in [0.1, 0.15) is 220 Å². The van der Waals surface area contributed by atoms with Crippen molar-refractivity contribution in [1.82, 2.24) is 114 Å². The molecule has 6 rings (SSSR count). The number of aliphatic carboxylic acids is 2. The molecule has 0 spiro atoms. The summed E-state index contributed by atoms with van der Waals surface area (Å²) in [6.07, 6.45) is 2.23. The van der Waals surface area contributed by atoms with E-state index < -0.39 is 222 Å². The second kappa shape index (κ2) is 60.4. The van der Waals surface area contributed by atoms with Gasteiger partial charge in [0.2, 0.25) is 88.6 Å². The summed E-state index contributed by atoms with van der Waals surface area (Å²) in [4.78, 5) is 254. The fourth-order valence-corrected chi connectivity index (χ4v) is 18.7. The van der Waals surface area contributed by atoms with Crippen molar-refractivity contribution in [3.8, 4) is 0 Å². The van der Waals surface area contributed by atoms with Crippen LogP contribution in [0, 0.1) is 49.7 Å². The first kappa shape index (κ1) is 120. The maximum atomic E-state index is 15.3. The molecule has 6 aliphatic heterocycles. The summed E-state index contributed by atoms with van der Waals surface area (Å²) in [5.74, 6) is -17.6. The molecule has 56 heteroatoms. The van der Waals surface area contributed by atoms with Crippen LogP contribution in [0.5, 0.6) is 0 Å². The van der Waals surface area contributed by atoms with Gasteiger partial charge in [0.1, 0.15) is 90.6 Å². The minimum Gasteiger partial charge on any atom is -0.481 e. The van der Waals surface area contributed by atoms with E-state index in [1.165, 1.54) is 29.4 Å². The van der Waals surface area contributed by atoms with Gasteiger partial charge in [0.05, 0.1) is 6.04 Å². The first-order valence-electron chi connectivity index (χ1n) is 50.1. The number of amides is 15. The number of carboxylic acids is 2. The third-order valence-electron chi connectivity index (χ3n) is 26.4. The van der Waals surface area contributed by atoms with E-state index in [4.69, 9.17) is 83.7 Å². The quantitative estimate of drug-likeness (QED) is 0.0153. The van der Waals surface area contributed by atoms with E-state index in [9.17, 15) is 63.0 Å². The second-order valence-electron chi connectivity index (χ2n) is 37.9. The molecule has 0 unspecified atom stereocenters. The first-order valence-corrected chi connectivity index (χ1v) is 50.1. The van der Waals surface area contributed by atoms with Crippen molar-refractivity contribution in [2.24, 2.45) is 57.7 Å². The molecule has 0 aromatic heterocycles. The van der Waals surface area contributed by atoms with Gasteiger partial charge in [-0.15, -0.1) is 0 Å². The number of guanidine groups is 7. The topological polar surface area (TPSA) is 918 Å². The van der Waals surface area contributed by atoms with Gasteiger partial charge in [-0.2, -0.15) is 0 Å². The average Bonchev–Trinajstić information content (AvgIpc) is 1.66. The minimum absolute atomic E-state index is 0.00488. The van der Waals surface area contributed by atoms with Crippen LogP contribution in [0.2, 0.25) is 0 Å². The molecule has 0 bridgehead atoms. The number of nitrogens with two attached hydrogens (primary N) is 8. The normalized spacial score (nSPS) is 19.7. The number of nitrogens with zero attached hydrogens (tertiary/aromatic N) is 6. The zero-order valence-electron chi connectivity index (χ0n) is 83.4. The van der Waals surface area contributed by atoms with Crippen molar-refractivity contribution in [3.63, 3.8) is 0 Å². The van der Waals surface area contributed by atoms with Crippen LogP contribution in [0.25, 0.3) is 0 Å². The Hall–Kier alpha value is -14.2. The van der Waals surface area contributed by atoms with Crippen molar-refractivity contribution in [1.29, 1.82) is 37.9 Å². The van der Waals surface area contributed by atoms with Crippen molar-refractivity contribution in [2.75, 3.05) is 85.1 Å². The lowest BCUT2D eigenvalue weighted by atomic mass is 9.96. The lowest BCUT2D eigenvalue weighted by Crippen LogP contribution is -2.61. The number of hydrogen-bond donors (Lipinski definition) is 33. The Morgan fingerprint density at radius 3 is 0.876 bits per heavy atom. The Balaban J connectivity index is 1.18. The number of likely N-dealkylation sites (tertiary alicyclic amines) is 6. The molecular formula is C89H157N37O19. The third kappa shape index (κ3) is 38.8. The zero-order valence-corrected chi connectivity index (χ0v) is 83.4. The molecule has 145 heavy (non-hydrogen) atoms. The van der Waals surface area contributed by atoms with E-state index in [1.54, 1.807) is 27.7 Å². The Morgan fingerprint density at radius 1 is 0.303 bits per heavy atom. The summed E-state index contributed by atoms with van der Waals surface area (Å²) in [5, 5.41) is 117. The molecule has 0 radical (unpaired) electrons. The minimum atomic E-state index is -1.61. The van der Waals surface area contributed by atoms with Crippen molar-refractivity contribution < 1.29 is 91.7 Å². The van der Waals surface area contributed by atoms with Gasteiger partial charge in [-0.1, -0.05) is 34.1 Å². The summed E-state index contributed by atoms with van der Waals surface area (Å²) < 4.78 is 0. The highest BCUT2D eigenvalue weighted by Crippen LogP contribution is 2.31. The van der Waals surface area contributed by atoms with Crippen molar-refractivity contribution in [3.05, 3.63) is 0 Å². The first-order chi connectivity index (χ1) is 68.7. The predicted octanol–water partition coefficient (Wildman–Crippen LogP) is -8.49. The Bertz CT molecular complexity index is 4550. The predicted molar refractivity (Wildman–Crippen MR) is 531 cm³/mol. The Labute approximate surface area is 842 Å². The van der Waals surface area contributed by atoms with E-state index in [0.29, 0.717) is 25.7 Å². The van der Waals surface area contributed by atoms with Gasteiger partial charge < -0.3 is 171 Å². The van der Waals surface area contributed by atoms with Gasteiger partial charge in [-0.25, -0.2) is 4.79 Å². The summed E-state index contributed by atoms with van der Waals surface area (Å²) in [7, 11) is 0. The van der Waals surface area contributed by atoms with Crippen LogP contribution >= 0.6 is 0 Å². The number of carbonyl (C=O) groups excluding carboxylic acids is 15. The number of carbonyl (C=O) groups is 17. The standard InChI is InChI=1S/C89H157N37O19/c1-5-49(4)66(120-69(131)52(21-8-36-107-85(95)96)112-67(129)50(90)19-6-34-105-83(91)92)75(137)117-55(24-11-39-110-88(101)102)78(140)122-42-14-27-60(122)73(135)116-56(32-33-65(127)128)79(141)126-46-18-31-64(126)81(143)125-45-17-30-63(125)70(132)113-51(20-7-35-106-84(93)94)68(130)119-58(47-48(2)3)80(142)124-44-16-28-61(124)72(134)115-53(22-9-37-108-86(97)98)76(138)121-41-13-26-59(121)71(133)114-54(23-10-38-109-87(99)100)77(139)123-43-15-29-62(123)74(136)118-57(82(144)145)25-12-40-111-89(103)104/h48-64,66H,5-47,90H2,1-4H3,(H,112,129)(H,113,132)(H,114,133)(H,115,134)(H,116,135)(H,117,137)(H,118,136)(H,119,130)(H,120,131)(H,127,128)(H,144,145)(H4,91,92,105)(H4,93,94,106)(H4,95,96,107)(H4,97,98,108)(H4,99,100,109)(H4,101,102,110)(H4,103,104,111)/t49-,50-,51-,52-,53-,54-,55-,56-,57-,58-,59-,60-,61-,62-,63-,64-,66-/m0/s1. The van der Waals surface area contributed by atoms with E-state index in [1.807, 2.05) is 0 Å². The van der Waals surface area contributed by atoms with Crippen LogP contribution in [0.4, 0.5) is 0 Å². The van der Waals surface area contributed by atoms with Crippen LogP contribution in [0.3, 0.4) is 0 Å². The molecule has 0 aliphatic carbocycles. The molecule has 6 fully saturated rings. The molecule has 17 atom stereocenters. The molecule has 56 nitrogen and oxygen atoms in total. The second-order valence-corrected chi connectivity index (χ2v) is 37.9. The van der Waals surface area contributed by atoms with E-state index in [2.05, 4.69) is 85.1 Å². The smallest absolute Gasteiger partial charge is 0.326 e. The van der Waals surface area contributed by atoms with Crippen molar-refractivity contribution >= 4 is 142 Å².